The molecule has 0 radical (unpaired) electrons. The summed E-state index contributed by atoms with van der Waals surface area (Å²) in [7, 11) is 0. The van der Waals surface area contributed by atoms with Gasteiger partial charge in [0, 0.05) is 12.1 Å². The van der Waals surface area contributed by atoms with Crippen LogP contribution in [0.5, 0.6) is 0 Å². The first kappa shape index (κ1) is 17.8. The van der Waals surface area contributed by atoms with Crippen molar-refractivity contribution < 1.29 is 18.0 Å². The normalized spacial score (nSPS) is 17.7. The van der Waals surface area contributed by atoms with Gasteiger partial charge in [0.25, 0.3) is 0 Å². The molecule has 0 aliphatic heterocycles. The van der Waals surface area contributed by atoms with Crippen LogP contribution in [-0.2, 0) is 11.2 Å². The third kappa shape index (κ3) is 5.23. The molecule has 1 aliphatic carbocycles. The Kier molecular flexibility index (Phi) is 5.68. The third-order valence-corrected chi connectivity index (χ3v) is 4.57. The molecule has 1 saturated carbocycles. The van der Waals surface area contributed by atoms with Gasteiger partial charge in [0.1, 0.15) is 0 Å². The number of amides is 1. The molecule has 128 valence electrons. The Balaban J connectivity index is 2.05. The average Bonchev–Trinajstić information content (AvgIpc) is 2.49. The number of para-hydroxylation sites is 1. The summed E-state index contributed by atoms with van der Waals surface area (Å²) >= 11 is 0. The van der Waals surface area contributed by atoms with E-state index in [0.717, 1.165) is 32.1 Å². The summed E-state index contributed by atoms with van der Waals surface area (Å²) in [6.45, 7) is 0.435. The van der Waals surface area contributed by atoms with E-state index in [1.165, 1.54) is 12.1 Å². The molecule has 0 saturated heterocycles. The van der Waals surface area contributed by atoms with Gasteiger partial charge >= 0.3 is 6.18 Å². The van der Waals surface area contributed by atoms with Crippen LogP contribution in [-0.4, -0.2) is 18.6 Å². The molecular formula is C17H23F3N2O. The molecule has 2 rings (SSSR count). The highest BCUT2D eigenvalue weighted by molar-refractivity contribution is 5.92. The van der Waals surface area contributed by atoms with Gasteiger partial charge in [-0.05, 0) is 36.4 Å². The third-order valence-electron chi connectivity index (χ3n) is 4.57. The maximum atomic E-state index is 12.6. The van der Waals surface area contributed by atoms with Crippen molar-refractivity contribution in [1.82, 2.24) is 0 Å². The van der Waals surface area contributed by atoms with Gasteiger partial charge in [0.2, 0.25) is 5.91 Å². The van der Waals surface area contributed by atoms with Crippen molar-refractivity contribution in [2.75, 3.05) is 11.9 Å². The lowest BCUT2D eigenvalue weighted by molar-refractivity contribution is -0.127. The number of hydrogen-bond acceptors (Lipinski definition) is 2. The van der Waals surface area contributed by atoms with Gasteiger partial charge < -0.3 is 11.1 Å². The molecule has 1 fully saturated rings. The zero-order valence-electron chi connectivity index (χ0n) is 13.1. The van der Waals surface area contributed by atoms with Crippen LogP contribution in [0.2, 0.25) is 0 Å². The lowest BCUT2D eigenvalue weighted by Gasteiger charge is -2.35. The fraction of sp³-hybridized carbons (Fsp3) is 0.588. The number of alkyl halides is 3. The molecule has 1 amide bonds. The van der Waals surface area contributed by atoms with E-state index in [4.69, 9.17) is 5.73 Å². The molecule has 0 bridgehead atoms. The number of halogens is 3. The SMILES string of the molecule is NCC1(CC(=O)Nc2ccccc2CC(F)(F)F)CCCCC1. The van der Waals surface area contributed by atoms with E-state index < -0.39 is 12.6 Å². The summed E-state index contributed by atoms with van der Waals surface area (Å²) in [4.78, 5) is 12.3. The van der Waals surface area contributed by atoms with Gasteiger partial charge in [-0.2, -0.15) is 13.2 Å². The van der Waals surface area contributed by atoms with Crippen molar-refractivity contribution in [2.24, 2.45) is 11.1 Å². The number of nitrogens with one attached hydrogen (secondary N) is 1. The smallest absolute Gasteiger partial charge is 0.330 e. The van der Waals surface area contributed by atoms with Crippen molar-refractivity contribution >= 4 is 11.6 Å². The maximum Gasteiger partial charge on any atom is 0.393 e. The van der Waals surface area contributed by atoms with Gasteiger partial charge in [-0.15, -0.1) is 0 Å². The Morgan fingerprint density at radius 3 is 2.43 bits per heavy atom. The summed E-state index contributed by atoms with van der Waals surface area (Å²) in [6, 6.07) is 6.06. The van der Waals surface area contributed by atoms with Gasteiger partial charge in [-0.25, -0.2) is 0 Å². The van der Waals surface area contributed by atoms with Crippen molar-refractivity contribution in [3.8, 4) is 0 Å². The number of anilines is 1. The first-order valence-electron chi connectivity index (χ1n) is 7.98. The van der Waals surface area contributed by atoms with E-state index >= 15 is 0 Å². The fourth-order valence-corrected chi connectivity index (χ4v) is 3.30. The van der Waals surface area contributed by atoms with Crippen molar-refractivity contribution in [3.63, 3.8) is 0 Å². The van der Waals surface area contributed by atoms with E-state index in [0.29, 0.717) is 6.54 Å². The highest BCUT2D eigenvalue weighted by atomic mass is 19.4. The van der Waals surface area contributed by atoms with Crippen LogP contribution < -0.4 is 11.1 Å². The number of hydrogen-bond donors (Lipinski definition) is 2. The molecule has 0 unspecified atom stereocenters. The predicted octanol–water partition coefficient (Wildman–Crippen LogP) is 4.03. The van der Waals surface area contributed by atoms with Gasteiger partial charge in [-0.1, -0.05) is 37.5 Å². The maximum absolute atomic E-state index is 12.6. The highest BCUT2D eigenvalue weighted by Crippen LogP contribution is 2.38. The Hall–Kier alpha value is -1.56. The molecule has 1 aromatic carbocycles. The summed E-state index contributed by atoms with van der Waals surface area (Å²) in [5.74, 6) is -0.257. The second-order valence-corrected chi connectivity index (χ2v) is 6.44. The molecule has 3 nitrogen and oxygen atoms in total. The standard InChI is InChI=1S/C17H23F3N2O/c18-17(19,20)10-13-6-2-3-7-14(13)22-15(23)11-16(12-21)8-4-1-5-9-16/h2-3,6-7H,1,4-5,8-12,21H2,(H,22,23). The molecule has 0 atom stereocenters. The quantitative estimate of drug-likeness (QED) is 0.857. The summed E-state index contributed by atoms with van der Waals surface area (Å²) in [5.41, 5.74) is 5.97. The number of carbonyl (C=O) groups is 1. The molecule has 6 heteroatoms. The summed E-state index contributed by atoms with van der Waals surface area (Å²) in [6.07, 6.45) is -0.0255. The second-order valence-electron chi connectivity index (χ2n) is 6.44. The van der Waals surface area contributed by atoms with Crippen LogP contribution in [0.4, 0.5) is 18.9 Å². The first-order valence-corrected chi connectivity index (χ1v) is 7.98. The number of nitrogens with two attached hydrogens (primary N) is 1. The molecule has 0 aromatic heterocycles. The molecule has 0 heterocycles. The van der Waals surface area contributed by atoms with Crippen LogP contribution in [0.15, 0.2) is 24.3 Å². The van der Waals surface area contributed by atoms with E-state index in [-0.39, 0.29) is 29.0 Å². The summed E-state index contributed by atoms with van der Waals surface area (Å²) in [5, 5.41) is 2.65. The molecule has 23 heavy (non-hydrogen) atoms. The topological polar surface area (TPSA) is 55.1 Å². The number of benzene rings is 1. The number of rotatable bonds is 5. The molecule has 1 aliphatic rings. The lowest BCUT2D eigenvalue weighted by atomic mass is 9.71. The van der Waals surface area contributed by atoms with E-state index in [1.807, 2.05) is 0 Å². The van der Waals surface area contributed by atoms with Gasteiger partial charge in [0.15, 0.2) is 0 Å². The largest absolute Gasteiger partial charge is 0.393 e. The summed E-state index contributed by atoms with van der Waals surface area (Å²) < 4.78 is 37.9. The Morgan fingerprint density at radius 1 is 1.17 bits per heavy atom. The molecular weight excluding hydrogens is 305 g/mol. The fourth-order valence-electron chi connectivity index (χ4n) is 3.30. The molecule has 1 aromatic rings. The minimum Gasteiger partial charge on any atom is -0.330 e. The highest BCUT2D eigenvalue weighted by Gasteiger charge is 2.33. The minimum atomic E-state index is -4.30. The lowest BCUT2D eigenvalue weighted by Crippen LogP contribution is -2.36. The van der Waals surface area contributed by atoms with E-state index in [1.54, 1.807) is 12.1 Å². The van der Waals surface area contributed by atoms with Crippen molar-refractivity contribution in [1.29, 1.82) is 0 Å². The van der Waals surface area contributed by atoms with Crippen molar-refractivity contribution in [2.45, 2.75) is 51.1 Å². The minimum absolute atomic E-state index is 0.0822. The Bertz CT molecular complexity index is 537. The zero-order chi connectivity index (χ0) is 16.9. The van der Waals surface area contributed by atoms with E-state index in [2.05, 4.69) is 5.32 Å². The Labute approximate surface area is 134 Å². The second kappa shape index (κ2) is 7.34. The predicted molar refractivity (Wildman–Crippen MR) is 84.0 cm³/mol. The van der Waals surface area contributed by atoms with Crippen LogP contribution in [0.3, 0.4) is 0 Å². The molecule has 3 N–H and O–H groups in total. The zero-order valence-corrected chi connectivity index (χ0v) is 13.1. The van der Waals surface area contributed by atoms with Crippen LogP contribution in [0, 0.1) is 5.41 Å². The van der Waals surface area contributed by atoms with E-state index in [9.17, 15) is 18.0 Å². The molecule has 0 spiro atoms. The van der Waals surface area contributed by atoms with Crippen molar-refractivity contribution in [3.05, 3.63) is 29.8 Å². The van der Waals surface area contributed by atoms with Crippen LogP contribution >= 0.6 is 0 Å². The monoisotopic (exact) mass is 328 g/mol. The van der Waals surface area contributed by atoms with Crippen LogP contribution in [0.1, 0.15) is 44.1 Å². The van der Waals surface area contributed by atoms with Gasteiger partial charge in [-0.3, -0.25) is 4.79 Å². The van der Waals surface area contributed by atoms with Crippen LogP contribution in [0.25, 0.3) is 0 Å². The first-order chi connectivity index (χ1) is 10.8. The average molecular weight is 328 g/mol. The van der Waals surface area contributed by atoms with Gasteiger partial charge in [0.05, 0.1) is 6.42 Å². The number of carbonyl (C=O) groups excluding carboxylic acids is 1. The Morgan fingerprint density at radius 2 is 1.83 bits per heavy atom.